The van der Waals surface area contributed by atoms with E-state index in [4.69, 9.17) is 31.8 Å². The maximum atomic E-state index is 13.8. The van der Waals surface area contributed by atoms with Crippen LogP contribution in [0.1, 0.15) is 35.2 Å². The summed E-state index contributed by atoms with van der Waals surface area (Å²) in [5.41, 5.74) is 2.03. The molecule has 10 nitrogen and oxygen atoms in total. The Balaban J connectivity index is 1.60. The van der Waals surface area contributed by atoms with Crippen LogP contribution in [0.4, 0.5) is 5.13 Å². The molecule has 3 aromatic rings. The van der Waals surface area contributed by atoms with Crippen molar-refractivity contribution in [1.29, 1.82) is 10.5 Å². The van der Waals surface area contributed by atoms with Crippen molar-refractivity contribution in [1.82, 2.24) is 14.2 Å². The van der Waals surface area contributed by atoms with Gasteiger partial charge in [-0.3, -0.25) is 14.6 Å². The Morgan fingerprint density at radius 1 is 1.07 bits per heavy atom. The van der Waals surface area contributed by atoms with Crippen LogP contribution in [0.2, 0.25) is 5.02 Å². The van der Waals surface area contributed by atoms with E-state index in [-0.39, 0.29) is 36.7 Å². The molecule has 13 heteroatoms. The van der Waals surface area contributed by atoms with E-state index < -0.39 is 10.0 Å². The maximum absolute atomic E-state index is 13.8. The number of fused-ring (bicyclic) bond motifs is 1. The number of aryl methyl sites for hydroxylation is 1. The number of carbonyl (C=O) groups excluding carboxylic acids is 1. The number of ether oxygens (including phenoxy) is 1. The first-order chi connectivity index (χ1) is 19.8. The highest BCUT2D eigenvalue weighted by atomic mass is 35.5. The zero-order valence-electron chi connectivity index (χ0n) is 22.8. The predicted octanol–water partition coefficient (Wildman–Crippen LogP) is 4.45. The second-order valence-corrected chi connectivity index (χ2v) is 12.9. The first-order valence-electron chi connectivity index (χ1n) is 13.3. The monoisotopic (exact) mass is 614 g/mol. The maximum Gasteiger partial charge on any atom is 0.260 e. The van der Waals surface area contributed by atoms with Crippen molar-refractivity contribution in [2.24, 2.45) is 0 Å². The standard InChI is InChI=1S/C28H31ClN6O4S2/c1-21-5-10-24(29)26-25(21)32-28(40-26)35(16-4-13-33-17-19-39-20-18-33)27(36)22-6-8-23(9-7-22)41(37,38)34(14-2-11-30)15-3-12-31/h5-10H,2-4,13-20H2,1H3. The Kier molecular flexibility index (Phi) is 10.7. The summed E-state index contributed by atoms with van der Waals surface area (Å²) in [6, 6.07) is 13.4. The number of anilines is 1. The lowest BCUT2D eigenvalue weighted by Gasteiger charge is -2.27. The van der Waals surface area contributed by atoms with E-state index in [1.54, 1.807) is 4.90 Å². The van der Waals surface area contributed by atoms with Crippen molar-refractivity contribution in [3.05, 3.63) is 52.5 Å². The second-order valence-electron chi connectivity index (χ2n) is 9.55. The van der Waals surface area contributed by atoms with Crippen LogP contribution in [0.15, 0.2) is 41.3 Å². The highest BCUT2D eigenvalue weighted by Crippen LogP contribution is 2.36. The van der Waals surface area contributed by atoms with Crippen LogP contribution in [0.3, 0.4) is 0 Å². The third kappa shape index (κ3) is 7.41. The fourth-order valence-corrected chi connectivity index (χ4v) is 7.33. The van der Waals surface area contributed by atoms with Gasteiger partial charge in [0.15, 0.2) is 5.13 Å². The number of hydrogen-bond acceptors (Lipinski definition) is 9. The van der Waals surface area contributed by atoms with Gasteiger partial charge in [-0.1, -0.05) is 29.0 Å². The third-order valence-electron chi connectivity index (χ3n) is 6.81. The molecule has 1 saturated heterocycles. The molecular formula is C28H31ClN6O4S2. The molecule has 0 N–H and O–H groups in total. The number of carbonyl (C=O) groups is 1. The van der Waals surface area contributed by atoms with Crippen molar-refractivity contribution < 1.29 is 17.9 Å². The Morgan fingerprint density at radius 2 is 1.73 bits per heavy atom. The van der Waals surface area contributed by atoms with Crippen LogP contribution in [-0.4, -0.2) is 81.0 Å². The van der Waals surface area contributed by atoms with Gasteiger partial charge < -0.3 is 4.74 Å². The Morgan fingerprint density at radius 3 is 2.34 bits per heavy atom. The molecule has 0 aliphatic carbocycles. The van der Waals surface area contributed by atoms with Gasteiger partial charge in [0.25, 0.3) is 5.91 Å². The summed E-state index contributed by atoms with van der Waals surface area (Å²) < 4.78 is 33.8. The average Bonchev–Trinajstić information content (AvgIpc) is 3.44. The molecule has 1 fully saturated rings. The molecule has 4 rings (SSSR count). The molecule has 1 aliphatic rings. The summed E-state index contributed by atoms with van der Waals surface area (Å²) >= 11 is 7.81. The molecule has 2 heterocycles. The number of aromatic nitrogens is 1. The number of rotatable bonds is 12. The van der Waals surface area contributed by atoms with Gasteiger partial charge >= 0.3 is 0 Å². The highest BCUT2D eigenvalue weighted by molar-refractivity contribution is 7.89. The summed E-state index contributed by atoms with van der Waals surface area (Å²) in [5, 5.41) is 19.0. The largest absolute Gasteiger partial charge is 0.379 e. The molecule has 0 bridgehead atoms. The minimum Gasteiger partial charge on any atom is -0.379 e. The number of benzene rings is 2. The van der Waals surface area contributed by atoms with Crippen molar-refractivity contribution in [2.45, 2.75) is 31.1 Å². The number of thiazole rings is 1. The predicted molar refractivity (Wildman–Crippen MR) is 159 cm³/mol. The van der Waals surface area contributed by atoms with Crippen molar-refractivity contribution in [2.75, 3.05) is 57.4 Å². The van der Waals surface area contributed by atoms with Crippen LogP contribution in [0, 0.1) is 29.6 Å². The van der Waals surface area contributed by atoms with Gasteiger partial charge in [0, 0.05) is 57.7 Å². The van der Waals surface area contributed by atoms with E-state index in [1.807, 2.05) is 31.2 Å². The lowest BCUT2D eigenvalue weighted by molar-refractivity contribution is 0.0376. The van der Waals surface area contributed by atoms with Crippen LogP contribution in [0.25, 0.3) is 10.2 Å². The molecular weight excluding hydrogens is 584 g/mol. The number of sulfonamides is 1. The minimum atomic E-state index is -3.95. The fourth-order valence-electron chi connectivity index (χ4n) is 4.54. The number of hydrogen-bond donors (Lipinski definition) is 0. The molecule has 41 heavy (non-hydrogen) atoms. The molecule has 0 spiro atoms. The second kappa shape index (κ2) is 14.2. The van der Waals surface area contributed by atoms with E-state index in [2.05, 4.69) is 4.90 Å². The smallest absolute Gasteiger partial charge is 0.260 e. The van der Waals surface area contributed by atoms with Crippen LogP contribution in [-0.2, 0) is 14.8 Å². The summed E-state index contributed by atoms with van der Waals surface area (Å²) in [5.74, 6) is -0.297. The van der Waals surface area contributed by atoms with Gasteiger partial charge in [-0.25, -0.2) is 13.4 Å². The normalized spacial score (nSPS) is 14.2. The lowest BCUT2D eigenvalue weighted by atomic mass is 10.2. The molecule has 2 aromatic carbocycles. The van der Waals surface area contributed by atoms with Gasteiger partial charge in [0.1, 0.15) is 0 Å². The zero-order chi connectivity index (χ0) is 29.4. The van der Waals surface area contributed by atoms with Gasteiger partial charge in [0.2, 0.25) is 10.0 Å². The number of amides is 1. The number of halogens is 1. The van der Waals surface area contributed by atoms with E-state index in [0.29, 0.717) is 41.9 Å². The average molecular weight is 615 g/mol. The zero-order valence-corrected chi connectivity index (χ0v) is 25.1. The quantitative estimate of drug-likeness (QED) is 0.292. The first-order valence-corrected chi connectivity index (χ1v) is 15.9. The summed E-state index contributed by atoms with van der Waals surface area (Å²) in [6.07, 6.45) is 0.728. The molecule has 0 unspecified atom stereocenters. The molecule has 1 amide bonds. The third-order valence-corrected chi connectivity index (χ3v) is 10.3. The Hall–Kier alpha value is -3.10. The number of nitriles is 2. The SMILES string of the molecule is Cc1ccc(Cl)c2sc(N(CCCN3CCOCC3)C(=O)c3ccc(S(=O)(=O)N(CCC#N)CCC#N)cc3)nc12. The molecule has 0 radical (unpaired) electrons. The van der Waals surface area contributed by atoms with E-state index in [0.717, 1.165) is 39.7 Å². The summed E-state index contributed by atoms with van der Waals surface area (Å²) in [4.78, 5) is 22.5. The number of morpholine rings is 1. The summed E-state index contributed by atoms with van der Waals surface area (Å²) in [6.45, 7) is 6.21. The molecule has 1 aromatic heterocycles. The van der Waals surface area contributed by atoms with Crippen molar-refractivity contribution >= 4 is 54.2 Å². The Bertz CT molecular complexity index is 1500. The molecule has 216 valence electrons. The van der Waals surface area contributed by atoms with Crippen molar-refractivity contribution in [3.63, 3.8) is 0 Å². The van der Waals surface area contributed by atoms with E-state index in [9.17, 15) is 13.2 Å². The van der Waals surface area contributed by atoms with Crippen LogP contribution >= 0.6 is 22.9 Å². The van der Waals surface area contributed by atoms with Gasteiger partial charge in [-0.2, -0.15) is 14.8 Å². The van der Waals surface area contributed by atoms with Crippen molar-refractivity contribution in [3.8, 4) is 12.1 Å². The minimum absolute atomic E-state index is 0.00625. The lowest BCUT2D eigenvalue weighted by Crippen LogP contribution is -2.39. The molecule has 1 aliphatic heterocycles. The Labute approximate surface area is 249 Å². The van der Waals surface area contributed by atoms with E-state index >= 15 is 0 Å². The first kappa shape index (κ1) is 30.8. The van der Waals surface area contributed by atoms with Gasteiger partial charge in [-0.05, 0) is 49.2 Å². The number of nitrogens with zero attached hydrogens (tertiary/aromatic N) is 6. The fraction of sp³-hybridized carbons (Fsp3) is 0.429. The molecule has 0 atom stereocenters. The van der Waals surface area contributed by atoms with Crippen LogP contribution < -0.4 is 4.90 Å². The highest BCUT2D eigenvalue weighted by Gasteiger charge is 2.26. The van der Waals surface area contributed by atoms with Gasteiger partial charge in [-0.15, -0.1) is 0 Å². The van der Waals surface area contributed by atoms with Gasteiger partial charge in [0.05, 0.1) is 45.5 Å². The van der Waals surface area contributed by atoms with Crippen LogP contribution in [0.5, 0.6) is 0 Å². The van der Waals surface area contributed by atoms with E-state index in [1.165, 1.54) is 35.6 Å². The molecule has 0 saturated carbocycles. The topological polar surface area (TPSA) is 131 Å². The summed E-state index contributed by atoms with van der Waals surface area (Å²) in [7, 11) is -3.95.